The Balaban J connectivity index is 1.82. The zero-order valence-electron chi connectivity index (χ0n) is 11.0. The highest BCUT2D eigenvalue weighted by Crippen LogP contribution is 2.26. The van der Waals surface area contributed by atoms with Crippen molar-refractivity contribution < 1.29 is 9.63 Å². The number of phenolic OH excluding ortho intramolecular Hbond substituents is 1. The Morgan fingerprint density at radius 1 is 1.14 bits per heavy atom. The third-order valence-corrected chi connectivity index (χ3v) is 3.73. The summed E-state index contributed by atoms with van der Waals surface area (Å²) in [5.41, 5.74) is 8.23. The standard InChI is InChI=1S/C15H12BrN3O2/c16-12-6-3-10(8-13(12)17)15-18-14(19-21-15)7-9-1-4-11(20)5-2-9/h1-6,8,20H,7,17H2. The van der Waals surface area contributed by atoms with E-state index in [1.165, 1.54) is 0 Å². The fraction of sp³-hybridized carbons (Fsp3) is 0.0667. The number of rotatable bonds is 3. The van der Waals surface area contributed by atoms with Crippen LogP contribution in [-0.2, 0) is 6.42 Å². The van der Waals surface area contributed by atoms with E-state index in [-0.39, 0.29) is 5.75 Å². The molecule has 0 unspecified atom stereocenters. The minimum Gasteiger partial charge on any atom is -0.508 e. The first kappa shape index (κ1) is 13.6. The Morgan fingerprint density at radius 2 is 1.90 bits per heavy atom. The summed E-state index contributed by atoms with van der Waals surface area (Å²) in [4.78, 5) is 4.36. The maximum atomic E-state index is 9.26. The lowest BCUT2D eigenvalue weighted by Gasteiger charge is -1.99. The molecule has 0 aliphatic carbocycles. The highest BCUT2D eigenvalue weighted by atomic mass is 79.9. The Bertz CT molecular complexity index is 769. The molecule has 0 spiro atoms. The molecule has 2 aromatic carbocycles. The summed E-state index contributed by atoms with van der Waals surface area (Å²) in [6, 6.07) is 12.4. The summed E-state index contributed by atoms with van der Waals surface area (Å²) in [6.07, 6.45) is 0.537. The molecule has 0 fully saturated rings. The van der Waals surface area contributed by atoms with Crippen molar-refractivity contribution >= 4 is 21.6 Å². The van der Waals surface area contributed by atoms with E-state index in [2.05, 4.69) is 26.1 Å². The van der Waals surface area contributed by atoms with Crippen molar-refractivity contribution in [3.8, 4) is 17.2 Å². The molecule has 0 saturated heterocycles. The second-order valence-electron chi connectivity index (χ2n) is 4.60. The Kier molecular flexibility index (Phi) is 3.62. The Morgan fingerprint density at radius 3 is 2.62 bits per heavy atom. The van der Waals surface area contributed by atoms with Crippen LogP contribution in [0.25, 0.3) is 11.5 Å². The van der Waals surface area contributed by atoms with Crippen molar-refractivity contribution in [2.24, 2.45) is 0 Å². The average molecular weight is 346 g/mol. The predicted octanol–water partition coefficient (Wildman–Crippen LogP) is 3.38. The molecule has 106 valence electrons. The van der Waals surface area contributed by atoms with Crippen LogP contribution in [0.2, 0.25) is 0 Å². The van der Waals surface area contributed by atoms with E-state index >= 15 is 0 Å². The summed E-state index contributed by atoms with van der Waals surface area (Å²) < 4.78 is 6.09. The van der Waals surface area contributed by atoms with Gasteiger partial charge < -0.3 is 15.4 Å². The molecular formula is C15H12BrN3O2. The SMILES string of the molecule is Nc1cc(-c2nc(Cc3ccc(O)cc3)no2)ccc1Br. The van der Waals surface area contributed by atoms with Crippen LogP contribution in [0.4, 0.5) is 5.69 Å². The average Bonchev–Trinajstić information content (AvgIpc) is 2.93. The van der Waals surface area contributed by atoms with Crippen molar-refractivity contribution in [3.05, 3.63) is 58.3 Å². The number of nitrogens with two attached hydrogens (primary N) is 1. The zero-order chi connectivity index (χ0) is 14.8. The first-order valence-electron chi connectivity index (χ1n) is 6.28. The van der Waals surface area contributed by atoms with Crippen molar-refractivity contribution in [1.82, 2.24) is 10.1 Å². The van der Waals surface area contributed by atoms with E-state index in [9.17, 15) is 5.11 Å². The summed E-state index contributed by atoms with van der Waals surface area (Å²) in [5, 5.41) is 13.2. The summed E-state index contributed by atoms with van der Waals surface area (Å²) >= 11 is 3.35. The van der Waals surface area contributed by atoms with Gasteiger partial charge in [0.2, 0.25) is 0 Å². The van der Waals surface area contributed by atoms with E-state index in [0.29, 0.717) is 23.8 Å². The van der Waals surface area contributed by atoms with Crippen LogP contribution in [0.5, 0.6) is 5.75 Å². The smallest absolute Gasteiger partial charge is 0.258 e. The van der Waals surface area contributed by atoms with Gasteiger partial charge in [-0.2, -0.15) is 4.98 Å². The second-order valence-corrected chi connectivity index (χ2v) is 5.45. The van der Waals surface area contributed by atoms with Crippen LogP contribution in [0.3, 0.4) is 0 Å². The number of nitrogen functional groups attached to an aromatic ring is 1. The topological polar surface area (TPSA) is 85.2 Å². The molecule has 6 heteroatoms. The molecule has 3 N–H and O–H groups in total. The molecular weight excluding hydrogens is 334 g/mol. The Hall–Kier alpha value is -2.34. The van der Waals surface area contributed by atoms with Crippen LogP contribution in [0.15, 0.2) is 51.5 Å². The minimum absolute atomic E-state index is 0.234. The van der Waals surface area contributed by atoms with Gasteiger partial charge in [0.05, 0.1) is 0 Å². The van der Waals surface area contributed by atoms with E-state index in [1.807, 2.05) is 24.3 Å². The molecule has 0 atom stereocenters. The molecule has 5 nitrogen and oxygen atoms in total. The van der Waals surface area contributed by atoms with Gasteiger partial charge in [0.25, 0.3) is 5.89 Å². The van der Waals surface area contributed by atoms with Gasteiger partial charge in [0.1, 0.15) is 5.75 Å². The third-order valence-electron chi connectivity index (χ3n) is 3.01. The second kappa shape index (κ2) is 5.57. The lowest BCUT2D eigenvalue weighted by molar-refractivity contribution is 0.424. The highest BCUT2D eigenvalue weighted by molar-refractivity contribution is 9.10. The van der Waals surface area contributed by atoms with Gasteiger partial charge in [-0.1, -0.05) is 17.3 Å². The number of nitrogens with zero attached hydrogens (tertiary/aromatic N) is 2. The van der Waals surface area contributed by atoms with E-state index in [0.717, 1.165) is 15.6 Å². The number of aromatic hydroxyl groups is 1. The van der Waals surface area contributed by atoms with Crippen LogP contribution >= 0.6 is 15.9 Å². The number of hydrogen-bond acceptors (Lipinski definition) is 5. The minimum atomic E-state index is 0.234. The predicted molar refractivity (Wildman–Crippen MR) is 82.8 cm³/mol. The number of phenols is 1. The molecule has 1 aromatic heterocycles. The van der Waals surface area contributed by atoms with E-state index in [4.69, 9.17) is 10.3 Å². The number of anilines is 1. The summed E-state index contributed by atoms with van der Waals surface area (Å²) in [6.45, 7) is 0. The first-order chi connectivity index (χ1) is 10.1. The van der Waals surface area contributed by atoms with Crippen LogP contribution in [-0.4, -0.2) is 15.2 Å². The fourth-order valence-electron chi connectivity index (χ4n) is 1.92. The third kappa shape index (κ3) is 3.05. The van der Waals surface area contributed by atoms with E-state index in [1.54, 1.807) is 18.2 Å². The molecule has 0 aliphatic rings. The van der Waals surface area contributed by atoms with Crippen molar-refractivity contribution in [3.63, 3.8) is 0 Å². The number of aromatic nitrogens is 2. The number of benzene rings is 2. The molecule has 3 rings (SSSR count). The quantitative estimate of drug-likeness (QED) is 0.710. The molecule has 0 bridgehead atoms. The van der Waals surface area contributed by atoms with Gasteiger partial charge >= 0.3 is 0 Å². The zero-order valence-corrected chi connectivity index (χ0v) is 12.5. The maximum Gasteiger partial charge on any atom is 0.258 e. The summed E-state index contributed by atoms with van der Waals surface area (Å²) in [7, 11) is 0. The monoisotopic (exact) mass is 345 g/mol. The normalized spacial score (nSPS) is 10.7. The van der Waals surface area contributed by atoms with Crippen LogP contribution in [0.1, 0.15) is 11.4 Å². The van der Waals surface area contributed by atoms with Gasteiger partial charge in [-0.05, 0) is 51.8 Å². The largest absolute Gasteiger partial charge is 0.508 e. The van der Waals surface area contributed by atoms with Gasteiger partial charge in [0, 0.05) is 22.1 Å². The lowest BCUT2D eigenvalue weighted by Crippen LogP contribution is -1.91. The molecule has 21 heavy (non-hydrogen) atoms. The molecule has 3 aromatic rings. The van der Waals surface area contributed by atoms with Gasteiger partial charge in [-0.15, -0.1) is 0 Å². The number of halogens is 1. The molecule has 0 amide bonds. The molecule has 0 aliphatic heterocycles. The molecule has 0 saturated carbocycles. The first-order valence-corrected chi connectivity index (χ1v) is 7.07. The summed E-state index contributed by atoms with van der Waals surface area (Å²) in [5.74, 6) is 1.25. The van der Waals surface area contributed by atoms with Gasteiger partial charge in [-0.3, -0.25) is 0 Å². The molecule has 1 heterocycles. The van der Waals surface area contributed by atoms with Crippen molar-refractivity contribution in [1.29, 1.82) is 0 Å². The highest BCUT2D eigenvalue weighted by Gasteiger charge is 2.10. The van der Waals surface area contributed by atoms with Crippen LogP contribution < -0.4 is 5.73 Å². The van der Waals surface area contributed by atoms with E-state index < -0.39 is 0 Å². The van der Waals surface area contributed by atoms with Gasteiger partial charge in [0.15, 0.2) is 5.82 Å². The number of hydrogen-bond donors (Lipinski definition) is 2. The van der Waals surface area contributed by atoms with Crippen LogP contribution in [0, 0.1) is 0 Å². The Labute approximate surface area is 129 Å². The molecule has 0 radical (unpaired) electrons. The van der Waals surface area contributed by atoms with Gasteiger partial charge in [-0.25, -0.2) is 0 Å². The van der Waals surface area contributed by atoms with Crippen molar-refractivity contribution in [2.75, 3.05) is 5.73 Å². The maximum absolute atomic E-state index is 9.26. The fourth-order valence-corrected chi connectivity index (χ4v) is 2.16. The van der Waals surface area contributed by atoms with Crippen molar-refractivity contribution in [2.45, 2.75) is 6.42 Å². The lowest BCUT2D eigenvalue weighted by atomic mass is 10.1.